The van der Waals surface area contributed by atoms with E-state index >= 15 is 0 Å². The molecule has 2 heterocycles. The Kier molecular flexibility index (Phi) is 7.71. The van der Waals surface area contributed by atoms with Crippen LogP contribution in [0.5, 0.6) is 0 Å². The lowest BCUT2D eigenvalue weighted by Crippen LogP contribution is -2.21. The Morgan fingerprint density at radius 2 is 0.865 bits per heavy atom. The van der Waals surface area contributed by atoms with Crippen molar-refractivity contribution in [2.24, 2.45) is 0 Å². The van der Waals surface area contributed by atoms with Crippen molar-refractivity contribution in [3.05, 3.63) is 187 Å². The van der Waals surface area contributed by atoms with Crippen LogP contribution in [-0.4, -0.2) is 26.4 Å². The summed E-state index contributed by atoms with van der Waals surface area (Å²) in [5.41, 5.74) is 12.9. The molecule has 6 aromatic carbocycles. The van der Waals surface area contributed by atoms with Gasteiger partial charge in [-0.1, -0.05) is 158 Å². The second-order valence-electron chi connectivity index (χ2n) is 12.8. The maximum atomic E-state index is 9.24. The molecule has 1 aliphatic carbocycles. The number of hydrogen-bond donors (Lipinski definition) is 2. The molecule has 0 bridgehead atoms. The van der Waals surface area contributed by atoms with E-state index in [2.05, 4.69) is 48.5 Å². The smallest absolute Gasteiger partial charge is 0.160 e. The molecule has 0 atom stereocenters. The number of benzene rings is 6. The van der Waals surface area contributed by atoms with E-state index in [0.29, 0.717) is 11.4 Å². The summed E-state index contributed by atoms with van der Waals surface area (Å²) in [5, 5.41) is 19.3. The van der Waals surface area contributed by atoms with Gasteiger partial charge in [0.05, 0.1) is 34.0 Å². The van der Waals surface area contributed by atoms with Gasteiger partial charge in [-0.15, -0.1) is 0 Å². The van der Waals surface area contributed by atoms with Gasteiger partial charge in [0.1, 0.15) is 0 Å². The molecule has 0 radical (unpaired) electrons. The Balaban J connectivity index is 1.13. The number of pyridine rings is 1. The zero-order valence-electron chi connectivity index (χ0n) is 28.1. The van der Waals surface area contributed by atoms with Crippen molar-refractivity contribution in [2.75, 3.05) is 0 Å². The summed E-state index contributed by atoms with van der Waals surface area (Å²) < 4.78 is 0. The van der Waals surface area contributed by atoms with Crippen molar-refractivity contribution in [3.8, 4) is 56.3 Å². The summed E-state index contributed by atoms with van der Waals surface area (Å²) in [6.45, 7) is 0. The van der Waals surface area contributed by atoms with Crippen molar-refractivity contribution in [1.29, 1.82) is 10.8 Å². The van der Waals surface area contributed by atoms with Crippen LogP contribution in [0.2, 0.25) is 0 Å². The quantitative estimate of drug-likeness (QED) is 0.185. The first-order chi connectivity index (χ1) is 25.6. The first-order valence-electron chi connectivity index (χ1n) is 17.2. The van der Waals surface area contributed by atoms with E-state index < -0.39 is 0 Å². The molecule has 0 saturated carbocycles. The van der Waals surface area contributed by atoms with Crippen LogP contribution >= 0.6 is 0 Å². The van der Waals surface area contributed by atoms with Crippen LogP contribution < -0.4 is 0 Å². The Morgan fingerprint density at radius 1 is 0.385 bits per heavy atom. The number of rotatable bonds is 6. The summed E-state index contributed by atoms with van der Waals surface area (Å²) in [7, 11) is 0. The number of fused-ring (bicyclic) bond motifs is 3. The highest BCUT2D eigenvalue weighted by molar-refractivity contribution is 6.64. The lowest BCUT2D eigenvalue weighted by Gasteiger charge is -2.23. The molecule has 2 N–H and O–H groups in total. The molecule has 0 unspecified atom stereocenters. The monoisotopic (exact) mass is 665 g/mol. The van der Waals surface area contributed by atoms with E-state index in [1.807, 2.05) is 127 Å². The number of aromatic nitrogens is 3. The molecule has 5 nitrogen and oxygen atoms in total. The average Bonchev–Trinajstić information content (AvgIpc) is 3.22. The van der Waals surface area contributed by atoms with Crippen LogP contribution in [-0.2, 0) is 0 Å². The van der Waals surface area contributed by atoms with Crippen molar-refractivity contribution < 1.29 is 0 Å². The third kappa shape index (κ3) is 5.60. The maximum absolute atomic E-state index is 9.24. The highest BCUT2D eigenvalue weighted by atomic mass is 14.9. The number of allylic oxidation sites excluding steroid dienone is 1. The number of hydrogen-bond acceptors (Lipinski definition) is 5. The van der Waals surface area contributed by atoms with Crippen LogP contribution in [0.1, 0.15) is 16.7 Å². The Labute approximate surface area is 301 Å². The van der Waals surface area contributed by atoms with Gasteiger partial charge in [0.25, 0.3) is 0 Å². The minimum Gasteiger partial charge on any atom is -0.298 e. The van der Waals surface area contributed by atoms with Gasteiger partial charge >= 0.3 is 0 Å². The average molecular weight is 666 g/mol. The second kappa shape index (κ2) is 13.0. The van der Waals surface area contributed by atoms with Crippen LogP contribution in [0.15, 0.2) is 170 Å². The fraction of sp³-hybridized carbons (Fsp3) is 0. The topological polar surface area (TPSA) is 86.4 Å². The summed E-state index contributed by atoms with van der Waals surface area (Å²) >= 11 is 0. The zero-order chi connectivity index (χ0) is 35.0. The summed E-state index contributed by atoms with van der Waals surface area (Å²) in [6, 6.07) is 57.0. The standard InChI is InChI=1S/C47H31N5/c48-44-38(28-39-43(45(44)49)37-18-10-11-19-40(37)50-46(39)35-16-8-3-9-17-35)32-22-24-34(25-23-32)42-29-41(33-14-6-2-7-15-33)51-47(52-42)36-26-20-31(21-27-36)30-12-4-1-5-13-30/h1-29,48-49H. The molecule has 244 valence electrons. The van der Waals surface area contributed by atoms with Crippen molar-refractivity contribution in [3.63, 3.8) is 0 Å². The third-order valence-electron chi connectivity index (χ3n) is 9.57. The lowest BCUT2D eigenvalue weighted by molar-refractivity contribution is 1.18. The van der Waals surface area contributed by atoms with Gasteiger partial charge in [0.15, 0.2) is 5.82 Å². The van der Waals surface area contributed by atoms with E-state index in [4.69, 9.17) is 15.0 Å². The van der Waals surface area contributed by atoms with E-state index in [0.717, 1.165) is 78.1 Å². The minimum atomic E-state index is 0.185. The first kappa shape index (κ1) is 30.9. The van der Waals surface area contributed by atoms with E-state index in [-0.39, 0.29) is 11.4 Å². The van der Waals surface area contributed by atoms with E-state index in [1.165, 1.54) is 0 Å². The third-order valence-corrected chi connectivity index (χ3v) is 9.57. The fourth-order valence-corrected chi connectivity index (χ4v) is 6.90. The first-order valence-corrected chi connectivity index (χ1v) is 17.2. The lowest BCUT2D eigenvalue weighted by atomic mass is 9.82. The predicted molar refractivity (Wildman–Crippen MR) is 213 cm³/mol. The molecule has 0 fully saturated rings. The molecule has 5 heteroatoms. The number of nitrogens with one attached hydrogen (secondary N) is 2. The van der Waals surface area contributed by atoms with Crippen molar-refractivity contribution >= 4 is 34.0 Å². The van der Waals surface area contributed by atoms with Crippen LogP contribution in [0.3, 0.4) is 0 Å². The fourth-order valence-electron chi connectivity index (χ4n) is 6.90. The van der Waals surface area contributed by atoms with Crippen LogP contribution in [0.25, 0.3) is 78.8 Å². The molecule has 0 amide bonds. The van der Waals surface area contributed by atoms with E-state index in [1.54, 1.807) is 0 Å². The molecule has 0 saturated heterocycles. The van der Waals surface area contributed by atoms with Gasteiger partial charge in [-0.3, -0.25) is 10.8 Å². The second-order valence-corrected chi connectivity index (χ2v) is 12.8. The highest BCUT2D eigenvalue weighted by Gasteiger charge is 2.27. The van der Waals surface area contributed by atoms with Gasteiger partial charge in [0, 0.05) is 44.3 Å². The van der Waals surface area contributed by atoms with Gasteiger partial charge < -0.3 is 0 Å². The van der Waals surface area contributed by atoms with Gasteiger partial charge in [-0.2, -0.15) is 0 Å². The Bertz CT molecular complexity index is 2660. The summed E-state index contributed by atoms with van der Waals surface area (Å²) in [5.74, 6) is 0.648. The van der Waals surface area contributed by atoms with E-state index in [9.17, 15) is 10.8 Å². The molecule has 2 aromatic heterocycles. The predicted octanol–water partition coefficient (Wildman–Crippen LogP) is 11.3. The zero-order valence-corrected chi connectivity index (χ0v) is 28.1. The molecule has 0 spiro atoms. The van der Waals surface area contributed by atoms with Crippen molar-refractivity contribution in [1.82, 2.24) is 15.0 Å². The van der Waals surface area contributed by atoms with Gasteiger partial charge in [-0.05, 0) is 34.9 Å². The summed E-state index contributed by atoms with van der Waals surface area (Å²) in [4.78, 5) is 15.1. The molecule has 1 aliphatic rings. The van der Waals surface area contributed by atoms with Crippen molar-refractivity contribution in [2.45, 2.75) is 0 Å². The molecule has 8 aromatic rings. The molecule has 9 rings (SSSR count). The molecule has 52 heavy (non-hydrogen) atoms. The largest absolute Gasteiger partial charge is 0.298 e. The number of para-hydroxylation sites is 1. The molecular formula is C47H31N5. The van der Waals surface area contributed by atoms with Crippen LogP contribution in [0.4, 0.5) is 0 Å². The molecular weight excluding hydrogens is 635 g/mol. The maximum Gasteiger partial charge on any atom is 0.160 e. The number of nitrogens with zero attached hydrogens (tertiary/aromatic N) is 3. The SMILES string of the molecule is N=C1C(=N)c2c(c(-c3ccccc3)nc3ccccc23)C=C1c1ccc(-c2cc(-c3ccccc3)nc(-c3ccc(-c4ccccc4)cc3)n2)cc1. The Morgan fingerprint density at radius 3 is 1.52 bits per heavy atom. The Hall–Kier alpha value is -7.11. The van der Waals surface area contributed by atoms with Gasteiger partial charge in [-0.25, -0.2) is 15.0 Å². The minimum absolute atomic E-state index is 0.185. The van der Waals surface area contributed by atoms with Gasteiger partial charge in [0.2, 0.25) is 0 Å². The summed E-state index contributed by atoms with van der Waals surface area (Å²) in [6.07, 6.45) is 2.03. The van der Waals surface area contributed by atoms with Crippen LogP contribution in [0, 0.1) is 10.8 Å². The highest BCUT2D eigenvalue weighted by Crippen LogP contribution is 2.38. The molecule has 0 aliphatic heterocycles. The normalized spacial score (nSPS) is 12.4.